The van der Waals surface area contributed by atoms with Crippen LogP contribution in [-0.2, 0) is 0 Å². The molecule has 0 fully saturated rings. The van der Waals surface area contributed by atoms with Crippen LogP contribution >= 0.6 is 0 Å². The number of rotatable bonds is 0. The fraction of sp³-hybridized carbons (Fsp3) is 0. The van der Waals surface area contributed by atoms with Crippen molar-refractivity contribution in [2.45, 2.75) is 0 Å². The van der Waals surface area contributed by atoms with Crippen LogP contribution in [0.15, 0.2) is 11.4 Å². The van der Waals surface area contributed by atoms with Gasteiger partial charge < -0.3 is 0 Å². The third-order valence-corrected chi connectivity index (χ3v) is 0.498. The molecular weight excluding hydrogens is 197 g/mol. The summed E-state index contributed by atoms with van der Waals surface area (Å²) in [5, 5.41) is 7.70. The summed E-state index contributed by atoms with van der Waals surface area (Å²) < 4.78 is 0. The van der Waals surface area contributed by atoms with Crippen molar-refractivity contribution in [1.82, 2.24) is 5.41 Å². The third kappa shape index (κ3) is 8.87. The second-order valence-electron chi connectivity index (χ2n) is 0.545. The second kappa shape index (κ2) is 8.98. The maximum atomic E-state index is 7.70. The zero-order chi connectivity index (χ0) is 4.12. The molecule has 0 bridgehead atoms. The molecule has 0 aliphatic heterocycles. The Bertz CT molecular complexity index is 97.2. The summed E-state index contributed by atoms with van der Waals surface area (Å²) in [6, 6.07) is 0. The Morgan fingerprint density at radius 3 is 2.33 bits per heavy atom. The predicted octanol–water partition coefficient (Wildman–Crippen LogP) is -1.15. The smallest absolute Gasteiger partial charge is 0.0624 e. The van der Waals surface area contributed by atoms with Crippen LogP contribution in [0.5, 0.6) is 0 Å². The zero-order valence-corrected chi connectivity index (χ0v) is 8.38. The van der Waals surface area contributed by atoms with Crippen LogP contribution in [0.4, 0.5) is 0 Å². The summed E-state index contributed by atoms with van der Waals surface area (Å²) in [4.78, 5) is 0. The molecule has 3 heteroatoms. The van der Waals surface area contributed by atoms with Gasteiger partial charge in [0.1, 0.15) is 0 Å². The topological polar surface area (TPSA) is 22.3 Å². The van der Waals surface area contributed by atoms with Crippen molar-refractivity contribution < 1.29 is 4.28 Å². The van der Waals surface area contributed by atoms with Crippen LogP contribution < -0.4 is 5.41 Å². The Balaban J connectivity index is -0.0000000133. The van der Waals surface area contributed by atoms with E-state index in [4.69, 9.17) is 5.41 Å². The Hall–Kier alpha value is 0.246. The molecular formula is C3H10NSiSn. The fourth-order valence-corrected chi connectivity index (χ4v) is 0.194. The molecule has 0 heterocycles. The van der Waals surface area contributed by atoms with Crippen molar-refractivity contribution in [2.24, 2.45) is 0 Å². The van der Waals surface area contributed by atoms with Gasteiger partial charge in [-0.15, -0.1) is 0 Å². The van der Waals surface area contributed by atoms with Gasteiger partial charge in [-0.05, 0) is 0 Å². The summed E-state index contributed by atoms with van der Waals surface area (Å²) in [6.45, 7) is 0. The van der Waals surface area contributed by atoms with Crippen LogP contribution in [0.1, 0.15) is 4.28 Å². The Labute approximate surface area is 61.5 Å². The summed E-state index contributed by atoms with van der Waals surface area (Å²) >= 11 is 0. The van der Waals surface area contributed by atoms with Gasteiger partial charge in [-0.25, -0.2) is 0 Å². The van der Waals surface area contributed by atoms with E-state index in [1.807, 2.05) is 0 Å². The third-order valence-electron chi connectivity index (χ3n) is 0.209. The molecule has 1 nitrogen and oxygen atoms in total. The number of hydrogen-bond donors (Lipinski definition) is 0. The molecule has 0 atom stereocenters. The standard InChI is InChI=1S/C3H4NSi.Sn.3H2/c4-2-1-3-5;;;;/h3H,5H3;;3*1H. The first-order valence-electron chi connectivity index (χ1n) is 1.34. The molecule has 0 aliphatic rings. The molecule has 0 aromatic rings. The van der Waals surface area contributed by atoms with Gasteiger partial charge in [0.15, 0.2) is 0 Å². The summed E-state index contributed by atoms with van der Waals surface area (Å²) in [5.74, 6) is 1.75. The fourth-order valence-electron chi connectivity index (χ4n) is 0.0645. The molecule has 0 rings (SSSR count). The van der Waals surface area contributed by atoms with E-state index in [1.54, 1.807) is 11.6 Å². The zero-order valence-electron chi connectivity index (χ0n) is 3.52. The van der Waals surface area contributed by atoms with E-state index in [9.17, 15) is 0 Å². The molecule has 5 radical (unpaired) electrons. The predicted molar refractivity (Wildman–Crippen MR) is 37.3 cm³/mol. The SMILES string of the molecule is [HH].[HH].[HH].[N]=C=C=C[SiH3].[Sn]. The molecule has 0 N–H and O–H groups in total. The van der Waals surface area contributed by atoms with Gasteiger partial charge in [-0.2, -0.15) is 0 Å². The maximum absolute atomic E-state index is 7.70. The minimum atomic E-state index is 0. The summed E-state index contributed by atoms with van der Waals surface area (Å²) in [7, 11) is 0.940. The molecule has 0 aromatic heterocycles. The van der Waals surface area contributed by atoms with Gasteiger partial charge in [0.05, 0.1) is 5.87 Å². The van der Waals surface area contributed by atoms with E-state index in [-0.39, 0.29) is 28.2 Å². The van der Waals surface area contributed by atoms with Crippen molar-refractivity contribution >= 4 is 40.0 Å². The Morgan fingerprint density at radius 2 is 2.33 bits per heavy atom. The van der Waals surface area contributed by atoms with Crippen molar-refractivity contribution in [3.05, 3.63) is 11.4 Å². The van der Waals surface area contributed by atoms with Gasteiger partial charge in [0.2, 0.25) is 0 Å². The van der Waals surface area contributed by atoms with Crippen molar-refractivity contribution in [2.75, 3.05) is 0 Å². The number of hydrogen-bond acceptors (Lipinski definition) is 0. The van der Waals surface area contributed by atoms with E-state index in [2.05, 4.69) is 5.73 Å². The van der Waals surface area contributed by atoms with Crippen LogP contribution in [-0.4, -0.2) is 40.0 Å². The monoisotopic (exact) mass is 208 g/mol. The molecule has 0 saturated heterocycles. The van der Waals surface area contributed by atoms with Crippen LogP contribution in [0.2, 0.25) is 0 Å². The Kier molecular flexibility index (Phi) is 14.3. The minimum Gasteiger partial charge on any atom is -0.0874 e. The average Bonchev–Trinajstić information content (AvgIpc) is 1.41. The normalized spacial score (nSPS) is 4.00. The van der Waals surface area contributed by atoms with E-state index >= 15 is 0 Å². The van der Waals surface area contributed by atoms with Crippen molar-refractivity contribution in [3.63, 3.8) is 0 Å². The van der Waals surface area contributed by atoms with Gasteiger partial charge >= 0.3 is 0 Å². The van der Waals surface area contributed by atoms with E-state index in [0.29, 0.717) is 0 Å². The van der Waals surface area contributed by atoms with E-state index < -0.39 is 0 Å². The molecule has 6 heavy (non-hydrogen) atoms. The van der Waals surface area contributed by atoms with Crippen LogP contribution in [0.25, 0.3) is 0 Å². The molecule has 0 aromatic carbocycles. The maximum Gasteiger partial charge on any atom is 0.0624 e. The largest absolute Gasteiger partial charge is 0.0874 e. The molecule has 0 unspecified atom stereocenters. The van der Waals surface area contributed by atoms with Crippen molar-refractivity contribution in [1.29, 1.82) is 0 Å². The molecule has 0 spiro atoms. The quantitative estimate of drug-likeness (QED) is 0.272. The van der Waals surface area contributed by atoms with Gasteiger partial charge in [-0.1, -0.05) is 16.8 Å². The van der Waals surface area contributed by atoms with Crippen LogP contribution in [0, 0.1) is 0 Å². The number of nitrogens with zero attached hydrogens (tertiary/aromatic N) is 1. The first-order chi connectivity index (χ1) is 2.41. The summed E-state index contributed by atoms with van der Waals surface area (Å²) in [6.07, 6.45) is 0. The van der Waals surface area contributed by atoms with Gasteiger partial charge in [0, 0.05) is 38.4 Å². The molecule has 0 aliphatic carbocycles. The van der Waals surface area contributed by atoms with Gasteiger partial charge in [-0.3, -0.25) is 0 Å². The minimum absolute atomic E-state index is 0. The second-order valence-corrected chi connectivity index (χ2v) is 1.12. The average molecular weight is 207 g/mol. The first kappa shape index (κ1) is 9.53. The van der Waals surface area contributed by atoms with Crippen LogP contribution in [0.3, 0.4) is 0 Å². The van der Waals surface area contributed by atoms with Gasteiger partial charge in [0.25, 0.3) is 0 Å². The first-order valence-corrected chi connectivity index (χ1v) is 2.49. The molecule has 0 amide bonds. The summed E-state index contributed by atoms with van der Waals surface area (Å²) in [5.41, 5.74) is 4.06. The molecule has 35 valence electrons. The Morgan fingerprint density at radius 1 is 1.83 bits per heavy atom. The van der Waals surface area contributed by atoms with Crippen molar-refractivity contribution in [3.8, 4) is 0 Å². The van der Waals surface area contributed by atoms with E-state index in [1.165, 1.54) is 0 Å². The van der Waals surface area contributed by atoms with E-state index in [0.717, 1.165) is 10.2 Å². The molecule has 0 saturated carbocycles.